The Morgan fingerprint density at radius 1 is 1.26 bits per heavy atom. The lowest BCUT2D eigenvalue weighted by Crippen LogP contribution is -2.31. The van der Waals surface area contributed by atoms with Crippen molar-refractivity contribution in [2.75, 3.05) is 0 Å². The van der Waals surface area contributed by atoms with Crippen molar-refractivity contribution in [1.29, 1.82) is 0 Å². The van der Waals surface area contributed by atoms with Crippen LogP contribution in [0.2, 0.25) is 0 Å². The first-order chi connectivity index (χ1) is 12.8. The molecule has 0 fully saturated rings. The van der Waals surface area contributed by atoms with Crippen LogP contribution in [0.15, 0.2) is 54.3 Å². The number of carbonyl (C=O) groups excluding carboxylic acids is 1. The van der Waals surface area contributed by atoms with Gasteiger partial charge >= 0.3 is 0 Å². The molecule has 1 aliphatic rings. The molecule has 0 saturated carbocycles. The highest BCUT2D eigenvalue weighted by molar-refractivity contribution is 5.91. The first-order valence-electron chi connectivity index (χ1n) is 10.1. The second-order valence-electron chi connectivity index (χ2n) is 8.17. The molecule has 148 valence electrons. The lowest BCUT2D eigenvalue weighted by Gasteiger charge is -2.34. The molecule has 0 N–H and O–H groups in total. The van der Waals surface area contributed by atoms with E-state index in [4.69, 9.17) is 9.47 Å². The number of ether oxygens (including phenoxy) is 2. The van der Waals surface area contributed by atoms with Gasteiger partial charge < -0.3 is 9.47 Å². The maximum absolute atomic E-state index is 12.3. The maximum atomic E-state index is 12.3. The molecule has 3 atom stereocenters. The molecule has 1 aliphatic heterocycles. The third kappa shape index (κ3) is 6.66. The molecule has 2 rings (SSSR count). The van der Waals surface area contributed by atoms with Crippen LogP contribution in [0.3, 0.4) is 0 Å². The molecule has 0 radical (unpaired) electrons. The van der Waals surface area contributed by atoms with Crippen molar-refractivity contribution in [2.24, 2.45) is 11.3 Å². The van der Waals surface area contributed by atoms with Gasteiger partial charge in [0.25, 0.3) is 0 Å². The third-order valence-corrected chi connectivity index (χ3v) is 5.21. The number of carbonyl (C=O) groups is 1. The molecule has 0 aromatic heterocycles. The number of ketones is 1. The minimum atomic E-state index is -0.261. The van der Waals surface area contributed by atoms with E-state index in [2.05, 4.69) is 58.9 Å². The lowest BCUT2D eigenvalue weighted by molar-refractivity contribution is -0.120. The lowest BCUT2D eigenvalue weighted by atomic mass is 9.86. The largest absolute Gasteiger partial charge is 0.493 e. The summed E-state index contributed by atoms with van der Waals surface area (Å²) in [6.07, 6.45) is 8.19. The van der Waals surface area contributed by atoms with E-state index < -0.39 is 0 Å². The molecular formula is C24H34O3. The van der Waals surface area contributed by atoms with Gasteiger partial charge in [0.15, 0.2) is 5.78 Å². The predicted octanol–water partition coefficient (Wildman–Crippen LogP) is 5.85. The molecule has 3 heteroatoms. The van der Waals surface area contributed by atoms with Crippen LogP contribution in [0.4, 0.5) is 0 Å². The molecule has 1 unspecified atom stereocenters. The van der Waals surface area contributed by atoms with Gasteiger partial charge in [0.2, 0.25) is 0 Å². The molecule has 1 aromatic rings. The van der Waals surface area contributed by atoms with Crippen LogP contribution in [0.25, 0.3) is 0 Å². The van der Waals surface area contributed by atoms with Crippen LogP contribution in [-0.2, 0) is 20.9 Å². The summed E-state index contributed by atoms with van der Waals surface area (Å²) in [7, 11) is 0. The standard InChI is InChI=1S/C24H34O3/c1-6-7-13-24(4,5)23-16-21(25)15-22(27-23)14-18(2)19(3)26-17-20-11-9-8-10-12-20/h7-13,16,18-19,22H,6,14-15,17H2,1-5H3/b13-7+/t18-,19-,22?/m1/s1. The maximum Gasteiger partial charge on any atom is 0.162 e. The number of hydrogen-bond acceptors (Lipinski definition) is 3. The molecule has 1 aromatic carbocycles. The Labute approximate surface area is 164 Å². The zero-order chi connectivity index (χ0) is 19.9. The van der Waals surface area contributed by atoms with Crippen molar-refractivity contribution >= 4 is 5.78 Å². The molecule has 0 spiro atoms. The van der Waals surface area contributed by atoms with Gasteiger partial charge in [-0.15, -0.1) is 0 Å². The normalized spacial score (nSPS) is 20.3. The van der Waals surface area contributed by atoms with Crippen molar-refractivity contribution in [3.05, 3.63) is 59.9 Å². The highest BCUT2D eigenvalue weighted by Crippen LogP contribution is 2.35. The number of benzene rings is 1. The number of rotatable bonds is 9. The predicted molar refractivity (Wildman–Crippen MR) is 110 cm³/mol. The van der Waals surface area contributed by atoms with E-state index in [9.17, 15) is 4.79 Å². The van der Waals surface area contributed by atoms with Crippen molar-refractivity contribution in [2.45, 2.75) is 72.7 Å². The van der Waals surface area contributed by atoms with E-state index in [1.807, 2.05) is 18.2 Å². The minimum Gasteiger partial charge on any atom is -0.493 e. The smallest absolute Gasteiger partial charge is 0.162 e. The average molecular weight is 371 g/mol. The van der Waals surface area contributed by atoms with Crippen molar-refractivity contribution < 1.29 is 14.3 Å². The minimum absolute atomic E-state index is 0.0791. The summed E-state index contributed by atoms with van der Waals surface area (Å²) >= 11 is 0. The molecule has 1 heterocycles. The summed E-state index contributed by atoms with van der Waals surface area (Å²) in [5.74, 6) is 1.24. The molecule has 0 amide bonds. The molecule has 3 nitrogen and oxygen atoms in total. The van der Waals surface area contributed by atoms with Gasteiger partial charge in [-0.3, -0.25) is 4.79 Å². The zero-order valence-electron chi connectivity index (χ0n) is 17.4. The van der Waals surface area contributed by atoms with Crippen LogP contribution in [0.1, 0.15) is 59.4 Å². The fourth-order valence-electron chi connectivity index (χ4n) is 3.22. The summed E-state index contributed by atoms with van der Waals surface area (Å²) in [6.45, 7) is 11.2. The Bertz CT molecular complexity index is 657. The first kappa shape index (κ1) is 21.4. The van der Waals surface area contributed by atoms with Crippen molar-refractivity contribution in [3.8, 4) is 0 Å². The summed E-state index contributed by atoms with van der Waals surface area (Å²) in [5.41, 5.74) is 0.915. The fraction of sp³-hybridized carbons (Fsp3) is 0.542. The SMILES string of the molecule is CC/C=C/C(C)(C)C1=CC(=O)CC(C[C@@H](C)[C@@H](C)OCc2ccccc2)O1. The van der Waals surface area contributed by atoms with Crippen molar-refractivity contribution in [1.82, 2.24) is 0 Å². The Balaban J connectivity index is 1.91. The summed E-state index contributed by atoms with van der Waals surface area (Å²) in [5, 5.41) is 0. The van der Waals surface area contributed by atoms with Gasteiger partial charge in [0.05, 0.1) is 12.7 Å². The van der Waals surface area contributed by atoms with Crippen LogP contribution in [-0.4, -0.2) is 18.0 Å². The molecule has 0 saturated heterocycles. The van der Waals surface area contributed by atoms with Gasteiger partial charge in [-0.2, -0.15) is 0 Å². The number of hydrogen-bond donors (Lipinski definition) is 0. The average Bonchev–Trinajstić information content (AvgIpc) is 2.64. The van der Waals surface area contributed by atoms with E-state index in [1.54, 1.807) is 6.08 Å². The van der Waals surface area contributed by atoms with E-state index in [0.29, 0.717) is 18.9 Å². The Morgan fingerprint density at radius 2 is 1.96 bits per heavy atom. The molecule has 27 heavy (non-hydrogen) atoms. The van der Waals surface area contributed by atoms with E-state index >= 15 is 0 Å². The van der Waals surface area contributed by atoms with E-state index in [0.717, 1.165) is 18.6 Å². The zero-order valence-corrected chi connectivity index (χ0v) is 17.4. The van der Waals surface area contributed by atoms with E-state index in [-0.39, 0.29) is 23.4 Å². The molecule has 0 aliphatic carbocycles. The Hall–Kier alpha value is -1.87. The van der Waals surface area contributed by atoms with Crippen LogP contribution in [0, 0.1) is 11.3 Å². The summed E-state index contributed by atoms with van der Waals surface area (Å²) in [6, 6.07) is 10.2. The van der Waals surface area contributed by atoms with Crippen LogP contribution in [0.5, 0.6) is 0 Å². The van der Waals surface area contributed by atoms with Gasteiger partial charge in [-0.1, -0.05) is 56.3 Å². The highest BCUT2D eigenvalue weighted by Gasteiger charge is 2.31. The number of allylic oxidation sites excluding steroid dienone is 3. The fourth-order valence-corrected chi connectivity index (χ4v) is 3.22. The monoisotopic (exact) mass is 370 g/mol. The third-order valence-electron chi connectivity index (χ3n) is 5.21. The van der Waals surface area contributed by atoms with Gasteiger partial charge in [0, 0.05) is 17.9 Å². The summed E-state index contributed by atoms with van der Waals surface area (Å²) in [4.78, 5) is 12.3. The Morgan fingerprint density at radius 3 is 2.63 bits per heavy atom. The second-order valence-corrected chi connectivity index (χ2v) is 8.17. The van der Waals surface area contributed by atoms with Crippen LogP contribution < -0.4 is 0 Å². The summed E-state index contributed by atoms with van der Waals surface area (Å²) < 4.78 is 12.3. The van der Waals surface area contributed by atoms with Gasteiger partial charge in [0.1, 0.15) is 11.9 Å². The Kier molecular flexibility index (Phi) is 7.85. The van der Waals surface area contributed by atoms with Crippen LogP contribution >= 0.6 is 0 Å². The second kappa shape index (κ2) is 9.89. The van der Waals surface area contributed by atoms with E-state index in [1.165, 1.54) is 5.56 Å². The first-order valence-corrected chi connectivity index (χ1v) is 10.1. The van der Waals surface area contributed by atoms with Crippen molar-refractivity contribution in [3.63, 3.8) is 0 Å². The molecular weight excluding hydrogens is 336 g/mol. The molecule has 0 bridgehead atoms. The van der Waals surface area contributed by atoms with Gasteiger partial charge in [-0.25, -0.2) is 0 Å². The quantitative estimate of drug-likeness (QED) is 0.511. The van der Waals surface area contributed by atoms with Gasteiger partial charge in [-0.05, 0) is 45.1 Å². The highest BCUT2D eigenvalue weighted by atomic mass is 16.5. The topological polar surface area (TPSA) is 35.5 Å².